The highest BCUT2D eigenvalue weighted by Crippen LogP contribution is 2.22. The standard InChI is InChI=1S/C21H26N4O.C6H6O/c1-4-18-14-25-19(8-5-9-20(25)24-18)21(26)23-13-17(11-15(2)3)16-7-6-10-22-12-16;7-6-4-2-1-3-5-6/h5-10,12,14-15,17H,4,11,13H2,1-3H3,(H,23,26);1-4H,5H2. The summed E-state index contributed by atoms with van der Waals surface area (Å²) in [5.41, 5.74) is 3.57. The molecule has 0 spiro atoms. The van der Waals surface area contributed by atoms with E-state index in [0.29, 0.717) is 24.6 Å². The summed E-state index contributed by atoms with van der Waals surface area (Å²) in [5.74, 6) is 0.915. The fourth-order valence-corrected chi connectivity index (χ4v) is 3.74. The Labute approximate surface area is 195 Å². The lowest BCUT2D eigenvalue weighted by atomic mass is 9.91. The second-order valence-electron chi connectivity index (χ2n) is 8.51. The van der Waals surface area contributed by atoms with Crippen LogP contribution in [0.25, 0.3) is 5.65 Å². The van der Waals surface area contributed by atoms with Gasteiger partial charge in [-0.15, -0.1) is 0 Å². The van der Waals surface area contributed by atoms with Gasteiger partial charge in [-0.25, -0.2) is 4.98 Å². The summed E-state index contributed by atoms with van der Waals surface area (Å²) in [6, 6.07) is 9.67. The van der Waals surface area contributed by atoms with Gasteiger partial charge in [0.05, 0.1) is 5.69 Å². The molecule has 0 aliphatic heterocycles. The van der Waals surface area contributed by atoms with Crippen LogP contribution in [0.3, 0.4) is 0 Å². The number of fused-ring (bicyclic) bond motifs is 1. The van der Waals surface area contributed by atoms with E-state index in [9.17, 15) is 9.59 Å². The molecule has 0 saturated carbocycles. The number of hydrogen-bond donors (Lipinski definition) is 1. The molecule has 33 heavy (non-hydrogen) atoms. The third-order valence-corrected chi connectivity index (χ3v) is 5.41. The molecule has 3 aromatic heterocycles. The molecule has 3 aromatic rings. The summed E-state index contributed by atoms with van der Waals surface area (Å²) < 4.78 is 1.87. The minimum atomic E-state index is -0.0756. The van der Waals surface area contributed by atoms with Gasteiger partial charge in [-0.2, -0.15) is 0 Å². The zero-order chi connectivity index (χ0) is 23.6. The smallest absolute Gasteiger partial charge is 0.268 e. The highest BCUT2D eigenvalue weighted by atomic mass is 16.2. The number of aromatic nitrogens is 3. The molecule has 0 bridgehead atoms. The molecule has 1 N–H and O–H groups in total. The predicted molar refractivity (Wildman–Crippen MR) is 131 cm³/mol. The Balaban J connectivity index is 0.000000374. The fourth-order valence-electron chi connectivity index (χ4n) is 3.74. The van der Waals surface area contributed by atoms with Crippen molar-refractivity contribution < 1.29 is 9.59 Å². The molecule has 0 radical (unpaired) electrons. The minimum Gasteiger partial charge on any atom is -0.350 e. The Morgan fingerprint density at radius 3 is 2.64 bits per heavy atom. The van der Waals surface area contributed by atoms with Crippen molar-refractivity contribution in [3.8, 4) is 0 Å². The molecule has 1 aliphatic carbocycles. The number of ketones is 1. The largest absolute Gasteiger partial charge is 0.350 e. The Morgan fingerprint density at radius 2 is 2.03 bits per heavy atom. The van der Waals surface area contributed by atoms with Gasteiger partial charge in [-0.05, 0) is 48.6 Å². The van der Waals surface area contributed by atoms with Crippen LogP contribution in [0.5, 0.6) is 0 Å². The second-order valence-corrected chi connectivity index (χ2v) is 8.51. The second kappa shape index (κ2) is 11.9. The quantitative estimate of drug-likeness (QED) is 0.561. The lowest BCUT2D eigenvalue weighted by Gasteiger charge is -2.20. The van der Waals surface area contributed by atoms with E-state index < -0.39 is 0 Å². The maximum absolute atomic E-state index is 12.8. The van der Waals surface area contributed by atoms with Gasteiger partial charge in [0.2, 0.25) is 0 Å². The monoisotopic (exact) mass is 444 g/mol. The van der Waals surface area contributed by atoms with Crippen molar-refractivity contribution in [1.29, 1.82) is 0 Å². The van der Waals surface area contributed by atoms with Gasteiger partial charge in [-0.1, -0.05) is 51.1 Å². The van der Waals surface area contributed by atoms with Crippen LogP contribution in [0.4, 0.5) is 0 Å². The summed E-state index contributed by atoms with van der Waals surface area (Å²) in [6.45, 7) is 7.05. The van der Waals surface area contributed by atoms with E-state index in [1.165, 1.54) is 0 Å². The van der Waals surface area contributed by atoms with E-state index in [1.807, 2.05) is 53.2 Å². The molecule has 3 heterocycles. The molecule has 1 unspecified atom stereocenters. The third kappa shape index (κ3) is 6.97. The highest BCUT2D eigenvalue weighted by Gasteiger charge is 2.17. The first-order chi connectivity index (χ1) is 16.0. The molecule has 172 valence electrons. The highest BCUT2D eigenvalue weighted by molar-refractivity contribution is 5.93. The van der Waals surface area contributed by atoms with E-state index in [-0.39, 0.29) is 17.6 Å². The van der Waals surface area contributed by atoms with Crippen molar-refractivity contribution in [3.05, 3.63) is 90.2 Å². The average molecular weight is 445 g/mol. The van der Waals surface area contributed by atoms with Crippen molar-refractivity contribution in [1.82, 2.24) is 19.7 Å². The van der Waals surface area contributed by atoms with Gasteiger partial charge in [0.25, 0.3) is 5.91 Å². The number of aryl methyl sites for hydroxylation is 1. The molecule has 4 rings (SSSR count). The number of nitrogens with one attached hydrogen (secondary N) is 1. The summed E-state index contributed by atoms with van der Waals surface area (Å²) in [5, 5.41) is 3.11. The van der Waals surface area contributed by atoms with Crippen LogP contribution in [0.1, 0.15) is 61.3 Å². The van der Waals surface area contributed by atoms with Crippen molar-refractivity contribution in [3.63, 3.8) is 0 Å². The topological polar surface area (TPSA) is 76.4 Å². The normalized spacial score (nSPS) is 13.6. The number of rotatable bonds is 7. The lowest BCUT2D eigenvalue weighted by molar-refractivity contribution is -0.113. The van der Waals surface area contributed by atoms with Crippen LogP contribution in [0.15, 0.2) is 73.2 Å². The van der Waals surface area contributed by atoms with Crippen LogP contribution in [-0.2, 0) is 11.2 Å². The molecule has 6 heteroatoms. The Kier molecular flexibility index (Phi) is 8.70. The minimum absolute atomic E-state index is 0.0756. The average Bonchev–Trinajstić information content (AvgIpc) is 3.26. The predicted octanol–water partition coefficient (Wildman–Crippen LogP) is 4.92. The van der Waals surface area contributed by atoms with Gasteiger partial charge >= 0.3 is 0 Å². The third-order valence-electron chi connectivity index (χ3n) is 5.41. The van der Waals surface area contributed by atoms with Gasteiger partial charge in [0.15, 0.2) is 5.78 Å². The molecule has 0 saturated heterocycles. The number of amides is 1. The van der Waals surface area contributed by atoms with Crippen molar-refractivity contribution >= 4 is 17.3 Å². The molecule has 0 fully saturated rings. The number of carbonyl (C=O) groups is 2. The zero-order valence-electron chi connectivity index (χ0n) is 19.6. The first-order valence-corrected chi connectivity index (χ1v) is 11.5. The number of allylic oxidation sites excluding steroid dienone is 4. The Hall–Kier alpha value is -3.54. The van der Waals surface area contributed by atoms with Gasteiger partial charge in [0.1, 0.15) is 11.3 Å². The molecule has 6 nitrogen and oxygen atoms in total. The van der Waals surface area contributed by atoms with Crippen LogP contribution in [0, 0.1) is 5.92 Å². The first kappa shape index (κ1) is 24.1. The Morgan fingerprint density at radius 1 is 1.18 bits per heavy atom. The lowest BCUT2D eigenvalue weighted by Crippen LogP contribution is -2.30. The SMILES string of the molecule is CCc1cn2c(C(=O)NCC(CC(C)C)c3cccnc3)cccc2n1.O=C1C=CC=CC1. The van der Waals surface area contributed by atoms with Crippen LogP contribution >= 0.6 is 0 Å². The molecule has 1 amide bonds. The molecule has 1 atom stereocenters. The maximum Gasteiger partial charge on any atom is 0.268 e. The van der Waals surface area contributed by atoms with Crippen molar-refractivity contribution in [2.75, 3.05) is 6.54 Å². The van der Waals surface area contributed by atoms with Crippen molar-refractivity contribution in [2.45, 2.75) is 46.0 Å². The summed E-state index contributed by atoms with van der Waals surface area (Å²) in [7, 11) is 0. The van der Waals surface area contributed by atoms with E-state index in [1.54, 1.807) is 18.3 Å². The van der Waals surface area contributed by atoms with Gasteiger partial charge in [0, 0.05) is 37.5 Å². The number of carbonyl (C=O) groups excluding carboxylic acids is 2. The van der Waals surface area contributed by atoms with E-state index in [2.05, 4.69) is 42.1 Å². The molecular formula is C27H32N4O2. The summed E-state index contributed by atoms with van der Waals surface area (Å²) in [6.07, 6.45) is 15.1. The number of pyridine rings is 2. The van der Waals surface area contributed by atoms with Crippen LogP contribution in [-0.4, -0.2) is 32.6 Å². The fraction of sp³-hybridized carbons (Fsp3) is 0.333. The molecule has 1 aliphatic rings. The van der Waals surface area contributed by atoms with Gasteiger partial charge < -0.3 is 5.32 Å². The summed E-state index contributed by atoms with van der Waals surface area (Å²) >= 11 is 0. The van der Waals surface area contributed by atoms with E-state index in [0.717, 1.165) is 29.7 Å². The van der Waals surface area contributed by atoms with E-state index >= 15 is 0 Å². The van der Waals surface area contributed by atoms with E-state index in [4.69, 9.17) is 0 Å². The zero-order valence-corrected chi connectivity index (χ0v) is 19.6. The number of imidazole rings is 1. The first-order valence-electron chi connectivity index (χ1n) is 11.5. The maximum atomic E-state index is 12.8. The van der Waals surface area contributed by atoms with Crippen LogP contribution in [0.2, 0.25) is 0 Å². The summed E-state index contributed by atoms with van der Waals surface area (Å²) in [4.78, 5) is 31.9. The number of nitrogens with zero attached hydrogens (tertiary/aromatic N) is 3. The molecule has 0 aromatic carbocycles. The number of hydrogen-bond acceptors (Lipinski definition) is 4. The molecular weight excluding hydrogens is 412 g/mol. The van der Waals surface area contributed by atoms with Gasteiger partial charge in [-0.3, -0.25) is 19.0 Å². The van der Waals surface area contributed by atoms with Crippen LogP contribution < -0.4 is 5.32 Å². The van der Waals surface area contributed by atoms with Crippen molar-refractivity contribution in [2.24, 2.45) is 5.92 Å². The Bertz CT molecular complexity index is 1130.